The lowest BCUT2D eigenvalue weighted by Gasteiger charge is -2.35. The lowest BCUT2D eigenvalue weighted by molar-refractivity contribution is -0.130. The van der Waals surface area contributed by atoms with Gasteiger partial charge in [-0.15, -0.1) is 0 Å². The van der Waals surface area contributed by atoms with Crippen LogP contribution >= 0.6 is 0 Å². The Labute approximate surface area is 117 Å². The highest BCUT2D eigenvalue weighted by Gasteiger charge is 2.31. The van der Waals surface area contributed by atoms with Crippen LogP contribution in [0.1, 0.15) is 31.5 Å². The third kappa shape index (κ3) is 2.63. The van der Waals surface area contributed by atoms with Gasteiger partial charge in [-0.2, -0.15) is 4.98 Å². The number of anilines is 1. The molecule has 2 aliphatic heterocycles. The fourth-order valence-electron chi connectivity index (χ4n) is 2.98. The molecule has 1 aromatic heterocycles. The van der Waals surface area contributed by atoms with Crippen molar-refractivity contribution < 1.29 is 14.1 Å². The first kappa shape index (κ1) is 13.4. The molecule has 110 valence electrons. The average molecular weight is 280 g/mol. The van der Waals surface area contributed by atoms with Crippen molar-refractivity contribution in [2.24, 2.45) is 0 Å². The van der Waals surface area contributed by atoms with Gasteiger partial charge in [0, 0.05) is 39.2 Å². The van der Waals surface area contributed by atoms with E-state index in [1.807, 2.05) is 4.90 Å². The number of piperidine rings is 1. The minimum Gasteiger partial charge on any atom is -0.377 e. The van der Waals surface area contributed by atoms with Crippen LogP contribution in [-0.2, 0) is 16.1 Å². The normalized spacial score (nSPS) is 20.9. The van der Waals surface area contributed by atoms with E-state index in [0.29, 0.717) is 36.8 Å². The summed E-state index contributed by atoms with van der Waals surface area (Å²) < 4.78 is 10.2. The highest BCUT2D eigenvalue weighted by Crippen LogP contribution is 2.24. The molecule has 7 heteroatoms. The molecular weight excluding hydrogens is 260 g/mol. The molecule has 0 aliphatic carbocycles. The molecule has 1 aromatic rings. The van der Waals surface area contributed by atoms with Gasteiger partial charge >= 0.3 is 6.01 Å². The van der Waals surface area contributed by atoms with Crippen molar-refractivity contribution in [1.29, 1.82) is 0 Å². The van der Waals surface area contributed by atoms with Gasteiger partial charge in [0.2, 0.25) is 5.91 Å². The summed E-state index contributed by atoms with van der Waals surface area (Å²) in [7, 11) is 1.61. The lowest BCUT2D eigenvalue weighted by atomic mass is 10.0. The van der Waals surface area contributed by atoms with E-state index in [1.165, 1.54) is 0 Å². The number of methoxy groups -OCH3 is 1. The predicted octanol–water partition coefficient (Wildman–Crippen LogP) is 0.807. The lowest BCUT2D eigenvalue weighted by Crippen LogP contribution is -2.45. The Balaban J connectivity index is 1.56. The van der Waals surface area contributed by atoms with Crippen LogP contribution in [0.15, 0.2) is 4.52 Å². The van der Waals surface area contributed by atoms with Crippen molar-refractivity contribution in [3.8, 4) is 0 Å². The molecule has 0 radical (unpaired) electrons. The zero-order valence-electron chi connectivity index (χ0n) is 11.7. The van der Waals surface area contributed by atoms with Gasteiger partial charge in [-0.3, -0.25) is 4.79 Å². The van der Waals surface area contributed by atoms with Crippen molar-refractivity contribution in [2.45, 2.75) is 38.3 Å². The molecule has 0 N–H and O–H groups in total. The minimum atomic E-state index is 0.309. The fraction of sp³-hybridized carbons (Fsp3) is 0.769. The molecule has 0 bridgehead atoms. The van der Waals surface area contributed by atoms with E-state index >= 15 is 0 Å². The highest BCUT2D eigenvalue weighted by molar-refractivity contribution is 5.78. The Morgan fingerprint density at radius 2 is 2.15 bits per heavy atom. The van der Waals surface area contributed by atoms with Crippen molar-refractivity contribution in [3.05, 3.63) is 5.82 Å². The second kappa shape index (κ2) is 5.78. The number of amides is 1. The number of aromatic nitrogens is 2. The molecule has 20 heavy (non-hydrogen) atoms. The Morgan fingerprint density at radius 3 is 2.80 bits per heavy atom. The summed E-state index contributed by atoms with van der Waals surface area (Å²) >= 11 is 0. The summed E-state index contributed by atoms with van der Waals surface area (Å²) in [6.45, 7) is 2.98. The monoisotopic (exact) mass is 280 g/mol. The highest BCUT2D eigenvalue weighted by atomic mass is 16.5. The first-order valence-electron chi connectivity index (χ1n) is 7.14. The number of ether oxygens (including phenoxy) is 1. The minimum absolute atomic E-state index is 0.309. The van der Waals surface area contributed by atoms with E-state index in [0.717, 1.165) is 38.9 Å². The molecule has 0 spiro atoms. The number of carbonyl (C=O) groups excluding carboxylic acids is 1. The number of rotatable bonds is 4. The first-order valence-corrected chi connectivity index (χ1v) is 7.14. The molecule has 0 atom stereocenters. The third-order valence-corrected chi connectivity index (χ3v) is 4.02. The third-order valence-electron chi connectivity index (χ3n) is 4.02. The molecule has 2 saturated heterocycles. The van der Waals surface area contributed by atoms with Crippen LogP contribution in [0.5, 0.6) is 0 Å². The smallest absolute Gasteiger partial charge is 0.324 e. The second-order valence-electron chi connectivity index (χ2n) is 5.34. The molecular formula is C13H20N4O3. The van der Waals surface area contributed by atoms with Gasteiger partial charge in [0.05, 0.1) is 0 Å². The molecule has 3 rings (SSSR count). The van der Waals surface area contributed by atoms with Gasteiger partial charge in [0.25, 0.3) is 0 Å². The Hall–Kier alpha value is -1.63. The van der Waals surface area contributed by atoms with E-state index in [9.17, 15) is 4.79 Å². The molecule has 2 aliphatic rings. The van der Waals surface area contributed by atoms with Crippen LogP contribution in [0.25, 0.3) is 0 Å². The largest absolute Gasteiger partial charge is 0.377 e. The summed E-state index contributed by atoms with van der Waals surface area (Å²) in [6.07, 6.45) is 3.65. The van der Waals surface area contributed by atoms with Gasteiger partial charge in [-0.05, 0) is 19.3 Å². The molecule has 2 fully saturated rings. The number of likely N-dealkylation sites (tertiary alicyclic amines) is 1. The van der Waals surface area contributed by atoms with Crippen LogP contribution < -0.4 is 4.90 Å². The number of hydrogen-bond donors (Lipinski definition) is 0. The zero-order chi connectivity index (χ0) is 13.9. The Kier molecular flexibility index (Phi) is 3.86. The van der Waals surface area contributed by atoms with E-state index in [2.05, 4.69) is 15.0 Å². The van der Waals surface area contributed by atoms with Gasteiger partial charge in [0.15, 0.2) is 5.82 Å². The number of hydrogen-bond acceptors (Lipinski definition) is 6. The van der Waals surface area contributed by atoms with Crippen LogP contribution in [0.2, 0.25) is 0 Å². The molecule has 7 nitrogen and oxygen atoms in total. The van der Waals surface area contributed by atoms with E-state index < -0.39 is 0 Å². The summed E-state index contributed by atoms with van der Waals surface area (Å²) in [6, 6.07) is 0.936. The van der Waals surface area contributed by atoms with Crippen molar-refractivity contribution in [2.75, 3.05) is 31.6 Å². The summed E-state index contributed by atoms with van der Waals surface area (Å²) in [5.74, 6) is 0.878. The van der Waals surface area contributed by atoms with Gasteiger partial charge < -0.3 is 19.1 Å². The first-order chi connectivity index (χ1) is 9.78. The molecule has 0 aromatic carbocycles. The van der Waals surface area contributed by atoms with Gasteiger partial charge in [0.1, 0.15) is 6.61 Å². The number of nitrogens with zero attached hydrogens (tertiary/aromatic N) is 4. The topological polar surface area (TPSA) is 71.7 Å². The maximum Gasteiger partial charge on any atom is 0.324 e. The van der Waals surface area contributed by atoms with Gasteiger partial charge in [-0.1, -0.05) is 5.16 Å². The van der Waals surface area contributed by atoms with Gasteiger partial charge in [-0.25, -0.2) is 0 Å². The second-order valence-corrected chi connectivity index (χ2v) is 5.34. The maximum absolute atomic E-state index is 11.8. The summed E-state index contributed by atoms with van der Waals surface area (Å²) in [5, 5.41) is 3.87. The Bertz CT molecular complexity index is 468. The van der Waals surface area contributed by atoms with Crippen molar-refractivity contribution in [3.63, 3.8) is 0 Å². The molecule has 1 amide bonds. The molecule has 0 unspecified atom stereocenters. The standard InChI is InChI=1S/C13H20N4O3/c1-19-9-11-14-13(20-15-11)16-7-4-10(5-8-16)17-6-2-3-12(17)18/h10H,2-9H2,1H3. The zero-order valence-corrected chi connectivity index (χ0v) is 11.7. The van der Waals surface area contributed by atoms with Crippen LogP contribution in [0.4, 0.5) is 6.01 Å². The maximum atomic E-state index is 11.8. The van der Waals surface area contributed by atoms with E-state index in [-0.39, 0.29) is 0 Å². The number of carbonyl (C=O) groups is 1. The Morgan fingerprint density at radius 1 is 1.35 bits per heavy atom. The summed E-state index contributed by atoms with van der Waals surface area (Å²) in [5.41, 5.74) is 0. The van der Waals surface area contributed by atoms with Crippen LogP contribution in [0.3, 0.4) is 0 Å². The van der Waals surface area contributed by atoms with Crippen molar-refractivity contribution in [1.82, 2.24) is 15.0 Å². The van der Waals surface area contributed by atoms with E-state index in [4.69, 9.17) is 9.26 Å². The SMILES string of the molecule is COCc1noc(N2CCC(N3CCCC3=O)CC2)n1. The quantitative estimate of drug-likeness (QED) is 0.812. The average Bonchev–Trinajstić information content (AvgIpc) is 3.09. The predicted molar refractivity (Wildman–Crippen MR) is 71.2 cm³/mol. The van der Waals surface area contributed by atoms with Crippen molar-refractivity contribution >= 4 is 11.9 Å². The fourth-order valence-corrected chi connectivity index (χ4v) is 2.98. The molecule has 0 saturated carbocycles. The van der Waals surface area contributed by atoms with E-state index in [1.54, 1.807) is 7.11 Å². The summed E-state index contributed by atoms with van der Waals surface area (Å²) in [4.78, 5) is 20.2. The van der Waals surface area contributed by atoms with Crippen LogP contribution in [0, 0.1) is 0 Å². The van der Waals surface area contributed by atoms with Crippen LogP contribution in [-0.4, -0.2) is 53.7 Å². The molecule has 3 heterocycles.